The van der Waals surface area contributed by atoms with E-state index in [9.17, 15) is 9.59 Å². The second-order valence-electron chi connectivity index (χ2n) is 7.07. The Morgan fingerprint density at radius 2 is 2.03 bits per heavy atom. The highest BCUT2D eigenvalue weighted by Gasteiger charge is 2.32. The van der Waals surface area contributed by atoms with Crippen molar-refractivity contribution in [1.29, 1.82) is 0 Å². The van der Waals surface area contributed by atoms with Crippen molar-refractivity contribution < 1.29 is 9.59 Å². The van der Waals surface area contributed by atoms with Crippen molar-refractivity contribution in [2.24, 2.45) is 4.99 Å². The van der Waals surface area contributed by atoms with Crippen LogP contribution >= 0.6 is 23.1 Å². The topological polar surface area (TPSA) is 77.6 Å². The molecule has 32 heavy (non-hydrogen) atoms. The largest absolute Gasteiger partial charge is 0.361 e. The van der Waals surface area contributed by atoms with Crippen LogP contribution in [0.5, 0.6) is 0 Å². The van der Waals surface area contributed by atoms with Crippen LogP contribution in [0.1, 0.15) is 5.56 Å². The van der Waals surface area contributed by atoms with E-state index in [1.165, 1.54) is 11.8 Å². The molecular weight excluding hydrogens is 440 g/mol. The molecule has 6 nitrogen and oxygen atoms in total. The van der Waals surface area contributed by atoms with Gasteiger partial charge in [0.1, 0.15) is 5.70 Å². The number of thiophene rings is 1. The van der Waals surface area contributed by atoms with Crippen molar-refractivity contribution >= 4 is 68.4 Å². The first kappa shape index (κ1) is 20.3. The maximum atomic E-state index is 13.1. The lowest BCUT2D eigenvalue weighted by Gasteiger charge is -2.17. The Morgan fingerprint density at radius 3 is 2.84 bits per heavy atom. The molecule has 4 aromatic rings. The van der Waals surface area contributed by atoms with Crippen LogP contribution in [0.15, 0.2) is 88.3 Å². The number of amides is 2. The smallest absolute Gasteiger partial charge is 0.283 e. The van der Waals surface area contributed by atoms with Gasteiger partial charge in [-0.3, -0.25) is 14.5 Å². The van der Waals surface area contributed by atoms with E-state index in [0.717, 1.165) is 22.2 Å². The van der Waals surface area contributed by atoms with E-state index >= 15 is 0 Å². The Bertz CT molecular complexity index is 1340. The van der Waals surface area contributed by atoms with Crippen molar-refractivity contribution in [2.45, 2.75) is 0 Å². The number of H-pyrrole nitrogens is 1. The zero-order chi connectivity index (χ0) is 21.9. The molecule has 5 rings (SSSR count). The fourth-order valence-corrected chi connectivity index (χ4v) is 4.80. The number of aliphatic imine (C=N–C) groups is 1. The summed E-state index contributed by atoms with van der Waals surface area (Å²) < 4.78 is 0. The minimum absolute atomic E-state index is 0.129. The van der Waals surface area contributed by atoms with E-state index < -0.39 is 0 Å². The Balaban J connectivity index is 1.34. The number of anilines is 2. The molecule has 1 aliphatic heterocycles. The van der Waals surface area contributed by atoms with Crippen molar-refractivity contribution in [3.63, 3.8) is 0 Å². The Hall–Kier alpha value is -3.62. The molecule has 158 valence electrons. The van der Waals surface area contributed by atoms with E-state index in [-0.39, 0.29) is 17.6 Å². The maximum absolute atomic E-state index is 13.1. The highest BCUT2D eigenvalue weighted by molar-refractivity contribution is 8.14. The lowest BCUT2D eigenvalue weighted by atomic mass is 10.2. The number of para-hydroxylation sites is 1. The summed E-state index contributed by atoms with van der Waals surface area (Å²) >= 11 is 2.80. The number of thioether (sulfide) groups is 1. The third-order valence-corrected chi connectivity index (χ3v) is 6.50. The van der Waals surface area contributed by atoms with Gasteiger partial charge in [-0.05, 0) is 64.2 Å². The molecule has 0 radical (unpaired) electrons. The molecule has 2 aromatic carbocycles. The monoisotopic (exact) mass is 458 g/mol. The van der Waals surface area contributed by atoms with E-state index in [1.807, 2.05) is 77.6 Å². The molecule has 0 spiro atoms. The standard InChI is InChI=1S/C24H18N4O2S2/c29-22(26-18-7-6-17-8-10-25-20(17)13-18)15-32-24-27-21(12-16-9-11-31-14-16)23(30)28(24)19-4-2-1-3-5-19/h1-14,25H,15H2,(H,26,29)/b21-12-. The van der Waals surface area contributed by atoms with Crippen LogP contribution in [0, 0.1) is 0 Å². The summed E-state index contributed by atoms with van der Waals surface area (Å²) in [5.41, 5.74) is 3.67. The lowest BCUT2D eigenvalue weighted by molar-refractivity contribution is -0.114. The van der Waals surface area contributed by atoms with Crippen molar-refractivity contribution in [1.82, 2.24) is 4.98 Å². The minimum atomic E-state index is -0.206. The van der Waals surface area contributed by atoms with Gasteiger partial charge in [0.25, 0.3) is 5.91 Å². The number of carbonyl (C=O) groups excluding carboxylic acids is 2. The third-order valence-electron chi connectivity index (χ3n) is 4.86. The summed E-state index contributed by atoms with van der Waals surface area (Å²) in [5, 5.41) is 8.39. The second kappa shape index (κ2) is 8.86. The van der Waals surface area contributed by atoms with Crippen LogP contribution in [0.4, 0.5) is 11.4 Å². The van der Waals surface area contributed by atoms with Gasteiger partial charge in [0.2, 0.25) is 5.91 Å². The molecule has 0 unspecified atom stereocenters. The summed E-state index contributed by atoms with van der Waals surface area (Å²) in [5.74, 6) is -0.244. The van der Waals surface area contributed by atoms with Crippen LogP contribution in [-0.2, 0) is 9.59 Å². The average molecular weight is 459 g/mol. The van der Waals surface area contributed by atoms with E-state index in [0.29, 0.717) is 16.6 Å². The number of nitrogens with one attached hydrogen (secondary N) is 2. The van der Waals surface area contributed by atoms with Crippen molar-refractivity contribution in [3.05, 3.63) is 88.9 Å². The maximum Gasteiger partial charge on any atom is 0.283 e. The van der Waals surface area contributed by atoms with Crippen molar-refractivity contribution in [3.8, 4) is 0 Å². The minimum Gasteiger partial charge on any atom is -0.361 e. The number of rotatable bonds is 5. The predicted octanol–water partition coefficient (Wildman–Crippen LogP) is 5.35. The number of carbonyl (C=O) groups is 2. The number of aromatic nitrogens is 1. The number of fused-ring (bicyclic) bond motifs is 1. The van der Waals surface area contributed by atoms with Gasteiger partial charge in [0, 0.05) is 17.4 Å². The molecular formula is C24H18N4O2S2. The molecule has 8 heteroatoms. The zero-order valence-electron chi connectivity index (χ0n) is 16.8. The van der Waals surface area contributed by atoms with Gasteiger partial charge in [-0.15, -0.1) is 0 Å². The van der Waals surface area contributed by atoms with Gasteiger partial charge in [0.15, 0.2) is 5.17 Å². The molecule has 0 atom stereocenters. The molecule has 3 heterocycles. The van der Waals surface area contributed by atoms with Crippen molar-refractivity contribution in [2.75, 3.05) is 16.0 Å². The molecule has 0 bridgehead atoms. The first-order valence-electron chi connectivity index (χ1n) is 9.89. The lowest BCUT2D eigenvalue weighted by Crippen LogP contribution is -2.31. The van der Waals surface area contributed by atoms with Gasteiger partial charge < -0.3 is 10.3 Å². The van der Waals surface area contributed by atoms with E-state index in [4.69, 9.17) is 0 Å². The Labute approximate surface area is 192 Å². The summed E-state index contributed by atoms with van der Waals surface area (Å²) in [6, 6.07) is 19.0. The summed E-state index contributed by atoms with van der Waals surface area (Å²) in [6.45, 7) is 0. The molecule has 0 aliphatic carbocycles. The Morgan fingerprint density at radius 1 is 1.16 bits per heavy atom. The number of hydrogen-bond acceptors (Lipinski definition) is 5. The average Bonchev–Trinajstić information content (AvgIpc) is 3.54. The second-order valence-corrected chi connectivity index (χ2v) is 8.80. The number of benzene rings is 2. The molecule has 0 saturated heterocycles. The quantitative estimate of drug-likeness (QED) is 0.396. The molecule has 2 aromatic heterocycles. The van der Waals surface area contributed by atoms with Crippen LogP contribution in [-0.4, -0.2) is 27.7 Å². The molecule has 0 saturated carbocycles. The predicted molar refractivity (Wildman–Crippen MR) is 133 cm³/mol. The molecule has 1 aliphatic rings. The van der Waals surface area contributed by atoms with Crippen LogP contribution in [0.3, 0.4) is 0 Å². The van der Waals surface area contributed by atoms with Gasteiger partial charge >= 0.3 is 0 Å². The van der Waals surface area contributed by atoms with Crippen LogP contribution in [0.2, 0.25) is 0 Å². The summed E-state index contributed by atoms with van der Waals surface area (Å²) in [4.78, 5) is 34.9. The van der Waals surface area contributed by atoms with Gasteiger partial charge in [-0.25, -0.2) is 4.99 Å². The van der Waals surface area contributed by atoms with E-state index in [1.54, 1.807) is 22.3 Å². The number of hydrogen-bond donors (Lipinski definition) is 2. The fraction of sp³-hybridized carbons (Fsp3) is 0.0417. The van der Waals surface area contributed by atoms with Crippen LogP contribution < -0.4 is 10.2 Å². The third kappa shape index (κ3) is 4.23. The highest BCUT2D eigenvalue weighted by atomic mass is 32.2. The Kier molecular flexibility index (Phi) is 5.62. The van der Waals surface area contributed by atoms with Gasteiger partial charge in [-0.2, -0.15) is 11.3 Å². The molecule has 2 amide bonds. The molecule has 0 fully saturated rings. The SMILES string of the molecule is O=C(CSC1=N/C(=C\c2ccsc2)C(=O)N1c1ccccc1)Nc1ccc2cc[nH]c2c1. The highest BCUT2D eigenvalue weighted by Crippen LogP contribution is 2.29. The van der Waals surface area contributed by atoms with Gasteiger partial charge in [0.05, 0.1) is 11.4 Å². The first-order chi connectivity index (χ1) is 15.7. The fourth-order valence-electron chi connectivity index (χ4n) is 3.37. The summed E-state index contributed by atoms with van der Waals surface area (Å²) in [6.07, 6.45) is 3.63. The number of amidine groups is 1. The van der Waals surface area contributed by atoms with Crippen LogP contribution in [0.25, 0.3) is 17.0 Å². The van der Waals surface area contributed by atoms with Gasteiger partial charge in [-0.1, -0.05) is 36.0 Å². The van der Waals surface area contributed by atoms with E-state index in [2.05, 4.69) is 15.3 Å². The number of nitrogens with zero attached hydrogens (tertiary/aromatic N) is 2. The number of aromatic amines is 1. The normalized spacial score (nSPS) is 14.9. The summed E-state index contributed by atoms with van der Waals surface area (Å²) in [7, 11) is 0. The molecule has 2 N–H and O–H groups in total. The first-order valence-corrected chi connectivity index (χ1v) is 11.8. The zero-order valence-corrected chi connectivity index (χ0v) is 18.5.